The number of hydrogen-bond acceptors (Lipinski definition) is 6. The van der Waals surface area contributed by atoms with Gasteiger partial charge in [0, 0.05) is 57.7 Å². The molecule has 3 heterocycles. The number of anilines is 1. The number of carbonyl (C=O) groups is 2. The lowest BCUT2D eigenvalue weighted by molar-refractivity contribution is -0.134. The van der Waals surface area contributed by atoms with Gasteiger partial charge in [0.15, 0.2) is 0 Å². The Morgan fingerprint density at radius 2 is 2.06 bits per heavy atom. The van der Waals surface area contributed by atoms with Gasteiger partial charge in [-0.3, -0.25) is 19.2 Å². The Hall–Kier alpha value is -2.82. The fourth-order valence-electron chi connectivity index (χ4n) is 4.58. The summed E-state index contributed by atoms with van der Waals surface area (Å²) in [5.74, 6) is -0.896. The number of nitrogens with one attached hydrogen (secondary N) is 1. The van der Waals surface area contributed by atoms with Gasteiger partial charge in [-0.25, -0.2) is 4.39 Å². The Labute approximate surface area is 198 Å². The van der Waals surface area contributed by atoms with Crippen molar-refractivity contribution in [3.63, 3.8) is 0 Å². The third-order valence-corrected chi connectivity index (χ3v) is 6.45. The number of hydrogen-bond donors (Lipinski definition) is 1. The van der Waals surface area contributed by atoms with E-state index in [-0.39, 0.29) is 36.1 Å². The number of nitrogens with zero attached hydrogens (tertiary/aromatic N) is 4. The zero-order valence-electron chi connectivity index (χ0n) is 19.7. The molecular weight excluding hydrogens is 441 g/mol. The van der Waals surface area contributed by atoms with Crippen molar-refractivity contribution in [1.82, 2.24) is 19.6 Å². The summed E-state index contributed by atoms with van der Waals surface area (Å²) in [6.07, 6.45) is 6.17. The lowest BCUT2D eigenvalue weighted by atomic mass is 10.1. The average Bonchev–Trinajstić information content (AvgIpc) is 3.46. The van der Waals surface area contributed by atoms with Crippen LogP contribution in [-0.2, 0) is 14.3 Å². The second-order valence-corrected chi connectivity index (χ2v) is 9.06. The van der Waals surface area contributed by atoms with Crippen molar-refractivity contribution in [2.75, 3.05) is 52.4 Å². The maximum absolute atomic E-state index is 13.4. The first-order valence-corrected chi connectivity index (χ1v) is 11.6. The predicted octanol–water partition coefficient (Wildman–Crippen LogP) is 2.17. The molecule has 2 saturated heterocycles. The van der Waals surface area contributed by atoms with Crippen LogP contribution in [0.3, 0.4) is 0 Å². The number of amides is 2. The van der Waals surface area contributed by atoms with Crippen LogP contribution in [0.15, 0.2) is 36.7 Å². The first-order valence-electron chi connectivity index (χ1n) is 11.6. The van der Waals surface area contributed by atoms with Crippen LogP contribution < -0.4 is 5.32 Å². The fourth-order valence-corrected chi connectivity index (χ4v) is 4.58. The molecule has 1 aromatic heterocycles. The summed E-state index contributed by atoms with van der Waals surface area (Å²) >= 11 is 0. The second kappa shape index (κ2) is 11.1. The van der Waals surface area contributed by atoms with Gasteiger partial charge in [0.2, 0.25) is 5.91 Å². The summed E-state index contributed by atoms with van der Waals surface area (Å²) in [4.78, 5) is 28.3. The molecule has 2 fully saturated rings. The first kappa shape index (κ1) is 24.3. The van der Waals surface area contributed by atoms with Crippen LogP contribution in [0.4, 0.5) is 10.1 Å². The van der Waals surface area contributed by atoms with Gasteiger partial charge < -0.3 is 19.7 Å². The molecule has 0 spiro atoms. The van der Waals surface area contributed by atoms with Gasteiger partial charge in [0.05, 0.1) is 24.5 Å². The van der Waals surface area contributed by atoms with Gasteiger partial charge in [-0.15, -0.1) is 0 Å². The van der Waals surface area contributed by atoms with Crippen molar-refractivity contribution < 1.29 is 23.5 Å². The molecule has 2 aromatic rings. The van der Waals surface area contributed by atoms with Crippen LogP contribution in [0.5, 0.6) is 0 Å². The molecule has 0 saturated carbocycles. The van der Waals surface area contributed by atoms with Gasteiger partial charge >= 0.3 is 0 Å². The summed E-state index contributed by atoms with van der Waals surface area (Å²) in [7, 11) is 3.43. The topological polar surface area (TPSA) is 88.9 Å². The van der Waals surface area contributed by atoms with Crippen molar-refractivity contribution in [1.29, 1.82) is 0 Å². The molecular formula is C24H32FN5O4. The Morgan fingerprint density at radius 3 is 2.79 bits per heavy atom. The quantitative estimate of drug-likeness (QED) is 0.632. The highest BCUT2D eigenvalue weighted by molar-refractivity contribution is 6.04. The summed E-state index contributed by atoms with van der Waals surface area (Å²) < 4.78 is 26.6. The second-order valence-electron chi connectivity index (χ2n) is 9.06. The highest BCUT2D eigenvalue weighted by Crippen LogP contribution is 2.32. The van der Waals surface area contributed by atoms with Gasteiger partial charge in [0.1, 0.15) is 12.4 Å². The lowest BCUT2D eigenvalue weighted by Gasteiger charge is -2.35. The van der Waals surface area contributed by atoms with E-state index < -0.39 is 5.82 Å². The minimum absolute atomic E-state index is 0.0575. The summed E-state index contributed by atoms with van der Waals surface area (Å²) in [6.45, 7) is 2.83. The summed E-state index contributed by atoms with van der Waals surface area (Å²) in [5, 5.41) is 7.27. The maximum atomic E-state index is 13.4. The number of ether oxygens (including phenoxy) is 2. The van der Waals surface area contributed by atoms with Gasteiger partial charge in [-0.2, -0.15) is 5.10 Å². The SMILES string of the molecule is CN(C)C(=O)COC[C@@H]1C[C@H](n2cc(NC(=O)c3cccc(F)c3)cn2)CN1C1CCOCC1. The van der Waals surface area contributed by atoms with Crippen LogP contribution >= 0.6 is 0 Å². The Morgan fingerprint density at radius 1 is 1.26 bits per heavy atom. The van der Waals surface area contributed by atoms with E-state index in [4.69, 9.17) is 9.47 Å². The normalized spacial score (nSPS) is 21.5. The fraction of sp³-hybridized carbons (Fsp3) is 0.542. The predicted molar refractivity (Wildman–Crippen MR) is 124 cm³/mol. The van der Waals surface area contributed by atoms with E-state index in [0.29, 0.717) is 18.3 Å². The van der Waals surface area contributed by atoms with Crippen LogP contribution in [0.25, 0.3) is 0 Å². The van der Waals surface area contributed by atoms with Crippen molar-refractivity contribution in [2.24, 2.45) is 0 Å². The third-order valence-electron chi connectivity index (χ3n) is 6.45. The maximum Gasteiger partial charge on any atom is 0.255 e. The van der Waals surface area contributed by atoms with Crippen molar-refractivity contribution in [3.05, 3.63) is 48.0 Å². The summed E-state index contributed by atoms with van der Waals surface area (Å²) in [6, 6.07) is 6.25. The first-order chi connectivity index (χ1) is 16.4. The molecule has 2 atom stereocenters. The molecule has 184 valence electrons. The number of halogens is 1. The minimum atomic E-state index is -0.456. The van der Waals surface area contributed by atoms with Crippen LogP contribution in [-0.4, -0.2) is 90.5 Å². The lowest BCUT2D eigenvalue weighted by Crippen LogP contribution is -2.44. The molecule has 0 bridgehead atoms. The number of benzene rings is 1. The monoisotopic (exact) mass is 473 g/mol. The number of aromatic nitrogens is 2. The van der Waals surface area contributed by atoms with Crippen LogP contribution in [0, 0.1) is 5.82 Å². The zero-order chi connectivity index (χ0) is 24.1. The Bertz CT molecular complexity index is 991. The molecule has 10 heteroatoms. The molecule has 9 nitrogen and oxygen atoms in total. The van der Waals surface area contributed by atoms with E-state index in [0.717, 1.165) is 39.0 Å². The van der Waals surface area contributed by atoms with Crippen LogP contribution in [0.2, 0.25) is 0 Å². The molecule has 1 N–H and O–H groups in total. The van der Waals surface area contributed by atoms with E-state index in [9.17, 15) is 14.0 Å². The molecule has 0 radical (unpaired) electrons. The van der Waals surface area contributed by atoms with Crippen LogP contribution in [0.1, 0.15) is 35.7 Å². The van der Waals surface area contributed by atoms with E-state index in [1.54, 1.807) is 26.4 Å². The molecule has 34 heavy (non-hydrogen) atoms. The largest absolute Gasteiger partial charge is 0.381 e. The van der Waals surface area contributed by atoms with E-state index in [1.807, 2.05) is 10.9 Å². The Balaban J connectivity index is 1.40. The molecule has 0 unspecified atom stereocenters. The highest BCUT2D eigenvalue weighted by atomic mass is 19.1. The number of carbonyl (C=O) groups excluding carboxylic acids is 2. The van der Waals surface area contributed by atoms with E-state index >= 15 is 0 Å². The van der Waals surface area contributed by atoms with E-state index in [2.05, 4.69) is 15.3 Å². The minimum Gasteiger partial charge on any atom is -0.381 e. The molecule has 1 aromatic carbocycles. The molecule has 2 aliphatic rings. The smallest absolute Gasteiger partial charge is 0.255 e. The molecule has 4 rings (SSSR count). The van der Waals surface area contributed by atoms with E-state index in [1.165, 1.54) is 23.1 Å². The number of rotatable bonds is 8. The third kappa shape index (κ3) is 5.99. The molecule has 0 aliphatic carbocycles. The highest BCUT2D eigenvalue weighted by Gasteiger charge is 2.38. The number of likely N-dealkylation sites (N-methyl/N-ethyl adjacent to an activating group) is 1. The average molecular weight is 474 g/mol. The summed E-state index contributed by atoms with van der Waals surface area (Å²) in [5.41, 5.74) is 0.812. The zero-order valence-corrected chi connectivity index (χ0v) is 19.7. The van der Waals surface area contributed by atoms with Crippen molar-refractivity contribution >= 4 is 17.5 Å². The van der Waals surface area contributed by atoms with Crippen molar-refractivity contribution in [3.8, 4) is 0 Å². The standard InChI is InChI=1S/C24H32FN5O4/c1-28(2)23(31)16-34-15-22-11-21(14-29(22)20-6-8-33-9-7-20)30-13-19(12-26-30)27-24(32)17-4-3-5-18(25)10-17/h3-5,10,12-13,20-22H,6-9,11,14-16H2,1-2H3,(H,27,32)/t21-,22-/m0/s1. The molecule has 2 amide bonds. The number of likely N-dealkylation sites (tertiary alicyclic amines) is 1. The van der Waals surface area contributed by atoms with Crippen molar-refractivity contribution in [2.45, 2.75) is 37.4 Å². The molecule has 2 aliphatic heterocycles. The van der Waals surface area contributed by atoms with Gasteiger partial charge in [0.25, 0.3) is 5.91 Å². The van der Waals surface area contributed by atoms with Gasteiger partial charge in [-0.05, 0) is 37.5 Å². The van der Waals surface area contributed by atoms with Gasteiger partial charge in [-0.1, -0.05) is 6.07 Å². The Kier molecular flexibility index (Phi) is 7.91.